The van der Waals surface area contributed by atoms with Crippen molar-refractivity contribution >= 4 is 5.91 Å². The van der Waals surface area contributed by atoms with Crippen LogP contribution < -0.4 is 0 Å². The summed E-state index contributed by atoms with van der Waals surface area (Å²) in [6.07, 6.45) is 2.96. The van der Waals surface area contributed by atoms with E-state index < -0.39 is 0 Å². The number of ether oxygens (including phenoxy) is 1. The molecule has 1 aromatic rings. The number of hydrogen-bond donors (Lipinski definition) is 0. The number of nitrogens with zero attached hydrogens (tertiary/aromatic N) is 1. The van der Waals surface area contributed by atoms with E-state index >= 15 is 0 Å². The number of benzene rings is 1. The van der Waals surface area contributed by atoms with Gasteiger partial charge in [-0.25, -0.2) is 0 Å². The molecule has 2 aliphatic rings. The van der Waals surface area contributed by atoms with Gasteiger partial charge in [-0.15, -0.1) is 0 Å². The lowest BCUT2D eigenvalue weighted by atomic mass is 9.99. The molecule has 1 aromatic carbocycles. The Labute approximate surface area is 146 Å². The van der Waals surface area contributed by atoms with Gasteiger partial charge in [0.2, 0.25) is 5.91 Å². The van der Waals surface area contributed by atoms with Crippen LogP contribution in [-0.4, -0.2) is 36.1 Å². The highest BCUT2D eigenvalue weighted by molar-refractivity contribution is 5.83. The van der Waals surface area contributed by atoms with Crippen molar-refractivity contribution in [3.8, 4) is 0 Å². The third-order valence-corrected chi connectivity index (χ3v) is 5.53. The molecule has 1 heterocycles. The molecule has 1 amide bonds. The van der Waals surface area contributed by atoms with Crippen molar-refractivity contribution in [3.63, 3.8) is 0 Å². The van der Waals surface area contributed by atoms with E-state index in [0.717, 1.165) is 32.5 Å². The fourth-order valence-electron chi connectivity index (χ4n) is 3.98. The summed E-state index contributed by atoms with van der Waals surface area (Å²) in [6.45, 7) is 10.3. The van der Waals surface area contributed by atoms with Crippen molar-refractivity contribution in [1.29, 1.82) is 0 Å². The summed E-state index contributed by atoms with van der Waals surface area (Å²) in [5.41, 5.74) is 2.70. The largest absolute Gasteiger partial charge is 0.381 e. The maximum Gasteiger partial charge on any atom is 0.226 e. The molecule has 0 bridgehead atoms. The van der Waals surface area contributed by atoms with Crippen LogP contribution in [0.2, 0.25) is 0 Å². The van der Waals surface area contributed by atoms with E-state index in [1.54, 1.807) is 0 Å². The molecule has 24 heavy (non-hydrogen) atoms. The summed E-state index contributed by atoms with van der Waals surface area (Å²) in [5.74, 6) is 1.51. The zero-order valence-corrected chi connectivity index (χ0v) is 15.5. The van der Waals surface area contributed by atoms with Gasteiger partial charge in [0.05, 0.1) is 0 Å². The van der Waals surface area contributed by atoms with Crippen LogP contribution >= 0.6 is 0 Å². The van der Waals surface area contributed by atoms with Crippen LogP contribution in [-0.2, 0) is 9.53 Å². The minimum Gasteiger partial charge on any atom is -0.381 e. The first kappa shape index (κ1) is 17.5. The maximum atomic E-state index is 13.1. The van der Waals surface area contributed by atoms with Gasteiger partial charge in [0.1, 0.15) is 0 Å². The van der Waals surface area contributed by atoms with Crippen molar-refractivity contribution in [1.82, 2.24) is 4.90 Å². The molecule has 3 rings (SSSR count). The molecule has 1 saturated heterocycles. The lowest BCUT2D eigenvalue weighted by Crippen LogP contribution is -2.48. The number of rotatable bonds is 5. The van der Waals surface area contributed by atoms with Crippen LogP contribution in [0, 0.1) is 5.92 Å². The van der Waals surface area contributed by atoms with Gasteiger partial charge in [-0.3, -0.25) is 4.79 Å². The fourth-order valence-corrected chi connectivity index (χ4v) is 3.98. The van der Waals surface area contributed by atoms with Gasteiger partial charge in [-0.2, -0.15) is 0 Å². The molecule has 3 nitrogen and oxygen atoms in total. The summed E-state index contributed by atoms with van der Waals surface area (Å²) in [5, 5.41) is 0. The van der Waals surface area contributed by atoms with Crippen LogP contribution in [0.25, 0.3) is 0 Å². The van der Waals surface area contributed by atoms with Gasteiger partial charge >= 0.3 is 0 Å². The molecule has 3 heteroatoms. The van der Waals surface area contributed by atoms with Gasteiger partial charge in [-0.1, -0.05) is 38.1 Å². The highest BCUT2D eigenvalue weighted by Crippen LogP contribution is 2.49. The van der Waals surface area contributed by atoms with E-state index in [-0.39, 0.29) is 12.0 Å². The van der Waals surface area contributed by atoms with E-state index in [0.29, 0.717) is 23.8 Å². The molecule has 0 N–H and O–H groups in total. The molecule has 1 saturated carbocycles. The molecule has 2 fully saturated rings. The van der Waals surface area contributed by atoms with Crippen LogP contribution in [0.1, 0.15) is 69.9 Å². The summed E-state index contributed by atoms with van der Waals surface area (Å²) < 4.78 is 5.47. The lowest BCUT2D eigenvalue weighted by molar-refractivity contribution is -0.139. The summed E-state index contributed by atoms with van der Waals surface area (Å²) in [4.78, 5) is 15.2. The van der Waals surface area contributed by atoms with Gasteiger partial charge in [0.25, 0.3) is 0 Å². The zero-order chi connectivity index (χ0) is 17.3. The Balaban J connectivity index is 1.66. The second kappa shape index (κ2) is 7.26. The minimum absolute atomic E-state index is 0.181. The first-order valence-electron chi connectivity index (χ1n) is 9.48. The van der Waals surface area contributed by atoms with Gasteiger partial charge < -0.3 is 9.64 Å². The van der Waals surface area contributed by atoms with Crippen LogP contribution in [0.5, 0.6) is 0 Å². The lowest BCUT2D eigenvalue weighted by Gasteiger charge is -2.37. The molecule has 0 aromatic heterocycles. The SMILES string of the molecule is CC(C)c1ccc([C@@H]2C[C@@H]2C(=O)N(C(C)C)C2CCOCC2)cc1. The average molecular weight is 329 g/mol. The highest BCUT2D eigenvalue weighted by atomic mass is 16.5. The van der Waals surface area contributed by atoms with E-state index in [1.807, 2.05) is 0 Å². The Morgan fingerprint density at radius 2 is 1.71 bits per heavy atom. The van der Waals surface area contributed by atoms with E-state index in [4.69, 9.17) is 4.74 Å². The van der Waals surface area contributed by atoms with Gasteiger partial charge in [0.15, 0.2) is 0 Å². The smallest absolute Gasteiger partial charge is 0.226 e. The summed E-state index contributed by atoms with van der Waals surface area (Å²) >= 11 is 0. The van der Waals surface area contributed by atoms with Crippen molar-refractivity contribution in [2.24, 2.45) is 5.92 Å². The Bertz CT molecular complexity index is 558. The van der Waals surface area contributed by atoms with E-state index in [1.165, 1.54) is 11.1 Å². The highest BCUT2D eigenvalue weighted by Gasteiger charge is 2.47. The standard InChI is InChI=1S/C21H31NO2/c1-14(2)16-5-7-17(8-6-16)19-13-20(19)21(23)22(15(3)4)18-9-11-24-12-10-18/h5-8,14-15,18-20H,9-13H2,1-4H3/t19-,20-/m0/s1. The second-order valence-corrected chi connectivity index (χ2v) is 7.95. The van der Waals surface area contributed by atoms with Crippen molar-refractivity contribution in [2.45, 2.75) is 70.9 Å². The van der Waals surface area contributed by atoms with Gasteiger partial charge in [0, 0.05) is 31.2 Å². The first-order valence-corrected chi connectivity index (χ1v) is 9.48. The predicted octanol–water partition coefficient (Wildman–Crippen LogP) is 4.33. The Kier molecular flexibility index (Phi) is 5.29. The third kappa shape index (κ3) is 3.66. The molecule has 1 aliphatic heterocycles. The Morgan fingerprint density at radius 3 is 2.25 bits per heavy atom. The van der Waals surface area contributed by atoms with E-state index in [2.05, 4.69) is 56.9 Å². The monoisotopic (exact) mass is 329 g/mol. The quantitative estimate of drug-likeness (QED) is 0.805. The van der Waals surface area contributed by atoms with E-state index in [9.17, 15) is 4.79 Å². The predicted molar refractivity (Wildman–Crippen MR) is 97.2 cm³/mol. The molecular formula is C21H31NO2. The molecule has 0 spiro atoms. The molecule has 0 radical (unpaired) electrons. The maximum absolute atomic E-state index is 13.1. The molecule has 0 unspecified atom stereocenters. The molecule has 1 aliphatic carbocycles. The van der Waals surface area contributed by atoms with Crippen LogP contribution in [0.3, 0.4) is 0 Å². The van der Waals surface area contributed by atoms with Crippen molar-refractivity contribution < 1.29 is 9.53 Å². The number of carbonyl (C=O) groups is 1. The molecular weight excluding hydrogens is 298 g/mol. The number of hydrogen-bond acceptors (Lipinski definition) is 2. The van der Waals surface area contributed by atoms with Gasteiger partial charge in [-0.05, 0) is 56.1 Å². The van der Waals surface area contributed by atoms with Crippen LogP contribution in [0.4, 0.5) is 0 Å². The summed E-state index contributed by atoms with van der Waals surface area (Å²) in [6, 6.07) is 9.51. The molecule has 132 valence electrons. The normalized spacial score (nSPS) is 24.4. The first-order chi connectivity index (χ1) is 11.5. The average Bonchev–Trinajstić information content (AvgIpc) is 3.36. The third-order valence-electron chi connectivity index (χ3n) is 5.53. The van der Waals surface area contributed by atoms with Crippen molar-refractivity contribution in [2.75, 3.05) is 13.2 Å². The zero-order valence-electron chi connectivity index (χ0n) is 15.5. The fraction of sp³-hybridized carbons (Fsp3) is 0.667. The number of carbonyl (C=O) groups excluding carboxylic acids is 1. The summed E-state index contributed by atoms with van der Waals surface area (Å²) in [7, 11) is 0. The number of amides is 1. The minimum atomic E-state index is 0.181. The Morgan fingerprint density at radius 1 is 1.08 bits per heavy atom. The topological polar surface area (TPSA) is 29.5 Å². The second-order valence-electron chi connectivity index (χ2n) is 7.95. The van der Waals surface area contributed by atoms with Crippen molar-refractivity contribution in [3.05, 3.63) is 35.4 Å². The Hall–Kier alpha value is -1.35. The van der Waals surface area contributed by atoms with Crippen LogP contribution in [0.15, 0.2) is 24.3 Å². The molecule has 2 atom stereocenters.